The highest BCUT2D eigenvalue weighted by molar-refractivity contribution is 6.22. The third kappa shape index (κ3) is 2.95. The molecule has 2 amide bonds. The molecule has 1 aliphatic rings. The molecule has 0 aliphatic carbocycles. The number of imide groups is 1. The van der Waals surface area contributed by atoms with Crippen molar-refractivity contribution >= 4 is 23.8 Å². The van der Waals surface area contributed by atoms with Crippen LogP contribution in [0.2, 0.25) is 0 Å². The number of rotatable bonds is 5. The summed E-state index contributed by atoms with van der Waals surface area (Å²) in [5, 5.41) is 9.76. The number of nitrogens with zero attached hydrogens (tertiary/aromatic N) is 1. The zero-order valence-corrected chi connectivity index (χ0v) is 13.8. The molecule has 2 atom stereocenters. The van der Waals surface area contributed by atoms with Crippen molar-refractivity contribution < 1.29 is 29.0 Å². The number of amides is 2. The van der Waals surface area contributed by atoms with Gasteiger partial charge in [0.15, 0.2) is 12.1 Å². The van der Waals surface area contributed by atoms with E-state index in [1.807, 2.05) is 0 Å². The van der Waals surface area contributed by atoms with Crippen LogP contribution in [0.1, 0.15) is 39.3 Å². The molecule has 2 aromatic rings. The Balaban J connectivity index is 2.08. The molecule has 0 spiro atoms. The number of carbonyl (C=O) groups is 4. The zero-order valence-electron chi connectivity index (χ0n) is 13.8. The van der Waals surface area contributed by atoms with Crippen molar-refractivity contribution in [1.82, 2.24) is 4.90 Å². The highest BCUT2D eigenvalue weighted by Gasteiger charge is 2.47. The van der Waals surface area contributed by atoms with Crippen LogP contribution in [0.5, 0.6) is 0 Å². The minimum absolute atomic E-state index is 0.124. The predicted molar refractivity (Wildman–Crippen MR) is 89.3 cm³/mol. The number of esters is 1. The van der Waals surface area contributed by atoms with Crippen LogP contribution in [-0.4, -0.2) is 39.8 Å². The van der Waals surface area contributed by atoms with Gasteiger partial charge in [-0.15, -0.1) is 0 Å². The van der Waals surface area contributed by atoms with Gasteiger partial charge in [0.2, 0.25) is 0 Å². The third-order valence-corrected chi connectivity index (χ3v) is 4.06. The standard InChI is InChI=1S/C19H15NO6/c1-11(21)26-16(12-7-3-2-4-8-12)15(19(24)25)20-17(22)13-9-5-6-10-14(13)18(20)23/h2-10,15-16H,1H3,(H,24,25)/t15-,16-/m0/s1. The summed E-state index contributed by atoms with van der Waals surface area (Å²) >= 11 is 0. The highest BCUT2D eigenvalue weighted by Crippen LogP contribution is 2.32. The topological polar surface area (TPSA) is 101 Å². The SMILES string of the molecule is CC(=O)O[C@@H](c1ccccc1)[C@@H](C(=O)O)N1C(=O)c2ccccc2C1=O. The Morgan fingerprint density at radius 2 is 1.42 bits per heavy atom. The summed E-state index contributed by atoms with van der Waals surface area (Å²) in [7, 11) is 0. The van der Waals surface area contributed by atoms with E-state index in [1.165, 1.54) is 12.1 Å². The molecule has 0 radical (unpaired) electrons. The Hall–Kier alpha value is -3.48. The molecule has 2 aromatic carbocycles. The monoisotopic (exact) mass is 353 g/mol. The lowest BCUT2D eigenvalue weighted by Gasteiger charge is -2.29. The van der Waals surface area contributed by atoms with E-state index in [4.69, 9.17) is 4.74 Å². The Kier molecular flexibility index (Phi) is 4.53. The van der Waals surface area contributed by atoms with Crippen molar-refractivity contribution in [3.8, 4) is 0 Å². The molecule has 132 valence electrons. The summed E-state index contributed by atoms with van der Waals surface area (Å²) in [5.41, 5.74) is 0.614. The Labute approximate surface area is 148 Å². The summed E-state index contributed by atoms with van der Waals surface area (Å²) in [6.07, 6.45) is -1.33. The fraction of sp³-hybridized carbons (Fsp3) is 0.158. The van der Waals surface area contributed by atoms with Crippen LogP contribution in [0.3, 0.4) is 0 Å². The van der Waals surface area contributed by atoms with E-state index in [-0.39, 0.29) is 11.1 Å². The molecule has 3 rings (SSSR count). The molecule has 1 N–H and O–H groups in total. The van der Waals surface area contributed by atoms with Crippen LogP contribution in [0.15, 0.2) is 54.6 Å². The first-order valence-electron chi connectivity index (χ1n) is 7.83. The Bertz CT molecular complexity index is 857. The van der Waals surface area contributed by atoms with Gasteiger partial charge in [-0.05, 0) is 17.7 Å². The zero-order chi connectivity index (χ0) is 18.8. The van der Waals surface area contributed by atoms with Gasteiger partial charge in [0.05, 0.1) is 11.1 Å². The molecule has 0 bridgehead atoms. The smallest absolute Gasteiger partial charge is 0.331 e. The molecule has 1 aliphatic heterocycles. The molecule has 1 heterocycles. The van der Waals surface area contributed by atoms with Crippen LogP contribution in [-0.2, 0) is 14.3 Å². The summed E-state index contributed by atoms with van der Waals surface area (Å²) in [6.45, 7) is 1.14. The maximum Gasteiger partial charge on any atom is 0.331 e. The molecule has 0 fully saturated rings. The molecule has 0 saturated heterocycles. The van der Waals surface area contributed by atoms with Crippen LogP contribution >= 0.6 is 0 Å². The van der Waals surface area contributed by atoms with Crippen molar-refractivity contribution in [1.29, 1.82) is 0 Å². The summed E-state index contributed by atoms with van der Waals surface area (Å²) in [5.74, 6) is -3.63. The van der Waals surface area contributed by atoms with Crippen molar-refractivity contribution in [2.75, 3.05) is 0 Å². The number of fused-ring (bicyclic) bond motifs is 1. The summed E-state index contributed by atoms with van der Waals surface area (Å²) in [4.78, 5) is 49.5. The van der Waals surface area contributed by atoms with Crippen LogP contribution in [0.4, 0.5) is 0 Å². The van der Waals surface area contributed by atoms with E-state index in [1.54, 1.807) is 42.5 Å². The predicted octanol–water partition coefficient (Wildman–Crippen LogP) is 2.04. The average Bonchev–Trinajstić information content (AvgIpc) is 2.87. The Morgan fingerprint density at radius 3 is 1.88 bits per heavy atom. The van der Waals surface area contributed by atoms with E-state index >= 15 is 0 Å². The molecule has 0 saturated carbocycles. The van der Waals surface area contributed by atoms with E-state index in [0.717, 1.165) is 6.92 Å². The van der Waals surface area contributed by atoms with Gasteiger partial charge in [0.25, 0.3) is 11.8 Å². The maximum absolute atomic E-state index is 12.7. The first kappa shape index (κ1) is 17.3. The number of hydrogen-bond acceptors (Lipinski definition) is 5. The lowest BCUT2D eigenvalue weighted by Crippen LogP contribution is -2.49. The van der Waals surface area contributed by atoms with Crippen molar-refractivity contribution in [3.63, 3.8) is 0 Å². The van der Waals surface area contributed by atoms with Gasteiger partial charge in [-0.25, -0.2) is 4.79 Å². The van der Waals surface area contributed by atoms with Crippen LogP contribution in [0, 0.1) is 0 Å². The summed E-state index contributed by atoms with van der Waals surface area (Å²) in [6, 6.07) is 12.5. The quantitative estimate of drug-likeness (QED) is 0.652. The van der Waals surface area contributed by atoms with E-state index in [2.05, 4.69) is 0 Å². The number of ether oxygens (including phenoxy) is 1. The minimum Gasteiger partial charge on any atom is -0.480 e. The normalized spacial score (nSPS) is 15.3. The van der Waals surface area contributed by atoms with Crippen molar-refractivity contribution in [2.24, 2.45) is 0 Å². The first-order chi connectivity index (χ1) is 12.4. The van der Waals surface area contributed by atoms with Gasteiger partial charge < -0.3 is 9.84 Å². The molecule has 7 nitrogen and oxygen atoms in total. The van der Waals surface area contributed by atoms with Crippen molar-refractivity contribution in [3.05, 3.63) is 71.3 Å². The maximum atomic E-state index is 12.7. The number of hydrogen-bond donors (Lipinski definition) is 1. The molecule has 7 heteroatoms. The van der Waals surface area contributed by atoms with Crippen LogP contribution in [0.25, 0.3) is 0 Å². The van der Waals surface area contributed by atoms with Gasteiger partial charge in [-0.2, -0.15) is 0 Å². The first-order valence-corrected chi connectivity index (χ1v) is 7.83. The molecular weight excluding hydrogens is 338 g/mol. The van der Waals surface area contributed by atoms with Gasteiger partial charge in [0, 0.05) is 6.92 Å². The van der Waals surface area contributed by atoms with Gasteiger partial charge in [-0.1, -0.05) is 42.5 Å². The number of benzene rings is 2. The number of aliphatic carboxylic acids is 1. The largest absolute Gasteiger partial charge is 0.480 e. The number of carboxylic acids is 1. The van der Waals surface area contributed by atoms with Crippen LogP contribution < -0.4 is 0 Å². The van der Waals surface area contributed by atoms with Gasteiger partial charge >= 0.3 is 11.9 Å². The lowest BCUT2D eigenvalue weighted by molar-refractivity contribution is -0.157. The number of carbonyl (C=O) groups excluding carboxylic acids is 3. The van der Waals surface area contributed by atoms with Gasteiger partial charge in [-0.3, -0.25) is 19.3 Å². The van der Waals surface area contributed by atoms with Crippen molar-refractivity contribution in [2.45, 2.75) is 19.1 Å². The minimum atomic E-state index is -1.69. The summed E-state index contributed by atoms with van der Waals surface area (Å²) < 4.78 is 5.20. The second-order valence-electron chi connectivity index (χ2n) is 5.75. The molecule has 0 aromatic heterocycles. The van der Waals surface area contributed by atoms with E-state index in [9.17, 15) is 24.3 Å². The second-order valence-corrected chi connectivity index (χ2v) is 5.75. The Morgan fingerprint density at radius 1 is 0.923 bits per heavy atom. The van der Waals surface area contributed by atoms with E-state index in [0.29, 0.717) is 10.5 Å². The fourth-order valence-electron chi connectivity index (χ4n) is 2.97. The molecule has 26 heavy (non-hydrogen) atoms. The second kappa shape index (κ2) is 6.79. The highest BCUT2D eigenvalue weighted by atomic mass is 16.5. The van der Waals surface area contributed by atoms with E-state index < -0.39 is 35.9 Å². The molecule has 0 unspecified atom stereocenters. The lowest BCUT2D eigenvalue weighted by atomic mass is 10.0. The number of carboxylic acid groups (broad SMARTS) is 1. The average molecular weight is 353 g/mol. The molecular formula is C19H15NO6. The third-order valence-electron chi connectivity index (χ3n) is 4.06. The van der Waals surface area contributed by atoms with Gasteiger partial charge in [0.1, 0.15) is 0 Å². The fourth-order valence-corrected chi connectivity index (χ4v) is 2.97.